The van der Waals surface area contributed by atoms with Crippen LogP contribution in [0.3, 0.4) is 0 Å². The molecule has 1 atom stereocenters. The molecule has 0 spiro atoms. The van der Waals surface area contributed by atoms with Crippen molar-refractivity contribution in [2.75, 3.05) is 23.4 Å². The zero-order valence-electron chi connectivity index (χ0n) is 11.5. The number of benzene rings is 1. The van der Waals surface area contributed by atoms with Crippen molar-refractivity contribution in [3.8, 4) is 0 Å². The first-order valence-corrected chi connectivity index (χ1v) is 7.09. The number of hydrogen-bond donors (Lipinski definition) is 1. The van der Waals surface area contributed by atoms with Crippen molar-refractivity contribution in [1.29, 1.82) is 0 Å². The molecule has 1 amide bonds. The minimum Gasteiger partial charge on any atom is -0.462 e. The third-order valence-electron chi connectivity index (χ3n) is 3.88. The second-order valence-corrected chi connectivity index (χ2v) is 5.15. The lowest BCUT2D eigenvalue weighted by Gasteiger charge is -2.41. The average Bonchev–Trinajstić information content (AvgIpc) is 2.47. The number of esters is 1. The van der Waals surface area contributed by atoms with Crippen LogP contribution in [0.4, 0.5) is 11.4 Å². The van der Waals surface area contributed by atoms with Crippen LogP contribution in [-0.4, -0.2) is 31.1 Å². The Bertz CT molecular complexity index is 556. The number of rotatable bonds is 2. The number of carbonyl (C=O) groups excluding carboxylic acids is 2. The number of anilines is 2. The van der Waals surface area contributed by atoms with Gasteiger partial charge in [-0.05, 0) is 44.4 Å². The number of piperidine rings is 1. The topological polar surface area (TPSA) is 58.6 Å². The van der Waals surface area contributed by atoms with Gasteiger partial charge in [0.25, 0.3) is 0 Å². The van der Waals surface area contributed by atoms with Gasteiger partial charge in [-0.15, -0.1) is 0 Å². The Morgan fingerprint density at radius 2 is 2.30 bits per heavy atom. The fourth-order valence-electron chi connectivity index (χ4n) is 2.94. The highest BCUT2D eigenvalue weighted by Gasteiger charge is 2.34. The molecule has 2 aliphatic heterocycles. The Balaban J connectivity index is 1.94. The Morgan fingerprint density at radius 1 is 1.45 bits per heavy atom. The Morgan fingerprint density at radius 3 is 3.10 bits per heavy atom. The van der Waals surface area contributed by atoms with Gasteiger partial charge in [0, 0.05) is 6.54 Å². The van der Waals surface area contributed by atoms with Gasteiger partial charge in [-0.1, -0.05) is 0 Å². The zero-order chi connectivity index (χ0) is 14.1. The molecule has 0 bridgehead atoms. The molecule has 0 aliphatic carbocycles. The van der Waals surface area contributed by atoms with Gasteiger partial charge in [0.15, 0.2) is 0 Å². The number of carbonyl (C=O) groups is 2. The van der Waals surface area contributed by atoms with Crippen LogP contribution in [0.1, 0.15) is 36.5 Å². The number of amides is 1. The van der Waals surface area contributed by atoms with Gasteiger partial charge in [0.1, 0.15) is 6.04 Å². The van der Waals surface area contributed by atoms with Crippen molar-refractivity contribution < 1.29 is 14.3 Å². The molecule has 1 unspecified atom stereocenters. The molecule has 5 heteroatoms. The van der Waals surface area contributed by atoms with E-state index in [0.29, 0.717) is 17.9 Å². The van der Waals surface area contributed by atoms with Crippen LogP contribution in [0.5, 0.6) is 0 Å². The van der Waals surface area contributed by atoms with Gasteiger partial charge in [-0.25, -0.2) is 4.79 Å². The number of nitrogens with one attached hydrogen (secondary N) is 1. The largest absolute Gasteiger partial charge is 0.462 e. The summed E-state index contributed by atoms with van der Waals surface area (Å²) in [4.78, 5) is 26.0. The fourth-order valence-corrected chi connectivity index (χ4v) is 2.94. The van der Waals surface area contributed by atoms with Gasteiger partial charge in [-0.3, -0.25) is 4.79 Å². The quantitative estimate of drug-likeness (QED) is 0.840. The molecule has 2 heterocycles. The summed E-state index contributed by atoms with van der Waals surface area (Å²) in [5.41, 5.74) is 2.18. The number of fused-ring (bicyclic) bond motifs is 3. The first kappa shape index (κ1) is 13.0. The van der Waals surface area contributed by atoms with E-state index in [4.69, 9.17) is 4.74 Å². The van der Waals surface area contributed by atoms with E-state index in [0.717, 1.165) is 31.5 Å². The van der Waals surface area contributed by atoms with E-state index in [1.165, 1.54) is 0 Å². The summed E-state index contributed by atoms with van der Waals surface area (Å²) in [6.07, 6.45) is 3.08. The fraction of sp³-hybridized carbons (Fsp3) is 0.467. The maximum atomic E-state index is 12.1. The number of ether oxygens (including phenoxy) is 1. The molecule has 0 radical (unpaired) electrons. The maximum absolute atomic E-state index is 12.1. The van der Waals surface area contributed by atoms with E-state index in [9.17, 15) is 9.59 Å². The molecule has 5 nitrogen and oxygen atoms in total. The molecule has 1 N–H and O–H groups in total. The Labute approximate surface area is 117 Å². The van der Waals surface area contributed by atoms with Crippen molar-refractivity contribution in [3.05, 3.63) is 23.8 Å². The van der Waals surface area contributed by atoms with E-state index in [1.807, 2.05) is 6.07 Å². The van der Waals surface area contributed by atoms with Gasteiger partial charge >= 0.3 is 5.97 Å². The SMILES string of the molecule is CCOC(=O)c1ccc2c(c1)NC(=O)C1CCCCN21. The molecule has 1 saturated heterocycles. The molecular formula is C15H18N2O3. The maximum Gasteiger partial charge on any atom is 0.338 e. The summed E-state index contributed by atoms with van der Waals surface area (Å²) in [5, 5.41) is 2.91. The van der Waals surface area contributed by atoms with Crippen LogP contribution in [-0.2, 0) is 9.53 Å². The number of hydrogen-bond acceptors (Lipinski definition) is 4. The highest BCUT2D eigenvalue weighted by Crippen LogP contribution is 2.36. The van der Waals surface area contributed by atoms with E-state index in [1.54, 1.807) is 19.1 Å². The molecule has 3 rings (SSSR count). The highest BCUT2D eigenvalue weighted by molar-refractivity contribution is 6.05. The van der Waals surface area contributed by atoms with Crippen LogP contribution in [0, 0.1) is 0 Å². The van der Waals surface area contributed by atoms with Crippen molar-refractivity contribution in [1.82, 2.24) is 0 Å². The van der Waals surface area contributed by atoms with Gasteiger partial charge in [0.05, 0.1) is 23.5 Å². The third kappa shape index (κ3) is 2.13. The molecule has 1 aromatic carbocycles. The van der Waals surface area contributed by atoms with Crippen molar-refractivity contribution in [2.24, 2.45) is 0 Å². The smallest absolute Gasteiger partial charge is 0.338 e. The first-order chi connectivity index (χ1) is 9.70. The molecular weight excluding hydrogens is 256 g/mol. The van der Waals surface area contributed by atoms with Crippen molar-refractivity contribution in [3.63, 3.8) is 0 Å². The van der Waals surface area contributed by atoms with Crippen molar-refractivity contribution >= 4 is 23.3 Å². The van der Waals surface area contributed by atoms with Crippen LogP contribution in [0.2, 0.25) is 0 Å². The summed E-state index contributed by atoms with van der Waals surface area (Å²) < 4.78 is 4.99. The molecule has 20 heavy (non-hydrogen) atoms. The van der Waals surface area contributed by atoms with E-state index in [-0.39, 0.29) is 17.9 Å². The zero-order valence-corrected chi connectivity index (χ0v) is 11.5. The second kappa shape index (κ2) is 5.15. The van der Waals surface area contributed by atoms with Crippen LogP contribution < -0.4 is 10.2 Å². The van der Waals surface area contributed by atoms with Crippen LogP contribution in [0.15, 0.2) is 18.2 Å². The molecule has 106 valence electrons. The minimum atomic E-state index is -0.356. The van der Waals surface area contributed by atoms with Gasteiger partial charge < -0.3 is 15.0 Å². The van der Waals surface area contributed by atoms with Gasteiger partial charge in [-0.2, -0.15) is 0 Å². The number of nitrogens with zero attached hydrogens (tertiary/aromatic N) is 1. The third-order valence-corrected chi connectivity index (χ3v) is 3.88. The van der Waals surface area contributed by atoms with Gasteiger partial charge in [0.2, 0.25) is 5.91 Å². The molecule has 0 saturated carbocycles. The summed E-state index contributed by atoms with van der Waals surface area (Å²) in [6, 6.07) is 5.31. The molecule has 1 fully saturated rings. The molecule has 2 aliphatic rings. The summed E-state index contributed by atoms with van der Waals surface area (Å²) in [5.74, 6) is -0.330. The lowest BCUT2D eigenvalue weighted by molar-refractivity contribution is -0.118. The van der Waals surface area contributed by atoms with E-state index >= 15 is 0 Å². The van der Waals surface area contributed by atoms with E-state index in [2.05, 4.69) is 10.2 Å². The lowest BCUT2D eigenvalue weighted by Crippen LogP contribution is -2.50. The lowest BCUT2D eigenvalue weighted by atomic mass is 9.97. The monoisotopic (exact) mass is 274 g/mol. The Kier molecular flexibility index (Phi) is 3.34. The highest BCUT2D eigenvalue weighted by atomic mass is 16.5. The standard InChI is InChI=1S/C15H18N2O3/c1-2-20-15(19)10-6-7-12-11(9-10)16-14(18)13-5-3-4-8-17(12)13/h6-7,9,13H,2-5,8H2,1H3,(H,16,18). The summed E-state index contributed by atoms with van der Waals surface area (Å²) >= 11 is 0. The minimum absolute atomic E-state index is 0.0261. The predicted molar refractivity (Wildman–Crippen MR) is 76.0 cm³/mol. The van der Waals surface area contributed by atoms with Crippen molar-refractivity contribution in [2.45, 2.75) is 32.2 Å². The predicted octanol–water partition coefficient (Wildman–Crippen LogP) is 2.17. The van der Waals surface area contributed by atoms with Crippen LogP contribution in [0.25, 0.3) is 0 Å². The van der Waals surface area contributed by atoms with Crippen LogP contribution >= 0.6 is 0 Å². The summed E-state index contributed by atoms with van der Waals surface area (Å²) in [7, 11) is 0. The molecule has 0 aromatic heterocycles. The summed E-state index contributed by atoms with van der Waals surface area (Å²) in [6.45, 7) is 3.01. The normalized spacial score (nSPS) is 20.8. The molecule has 1 aromatic rings. The second-order valence-electron chi connectivity index (χ2n) is 5.15. The Hall–Kier alpha value is -2.04. The van der Waals surface area contributed by atoms with E-state index < -0.39 is 0 Å². The average molecular weight is 274 g/mol. The first-order valence-electron chi connectivity index (χ1n) is 7.09.